The van der Waals surface area contributed by atoms with Crippen molar-refractivity contribution in [2.75, 3.05) is 0 Å². The van der Waals surface area contributed by atoms with Crippen LogP contribution in [-0.2, 0) is 10.8 Å². The van der Waals surface area contributed by atoms with Crippen LogP contribution in [0.25, 0.3) is 83.9 Å². The molecule has 9 aromatic rings. The minimum atomic E-state index is -0.156. The highest BCUT2D eigenvalue weighted by molar-refractivity contribution is 5.98. The van der Waals surface area contributed by atoms with Gasteiger partial charge in [-0.25, -0.2) is 4.98 Å². The summed E-state index contributed by atoms with van der Waals surface area (Å²) >= 11 is 0. The van der Waals surface area contributed by atoms with Crippen molar-refractivity contribution in [3.05, 3.63) is 192 Å². The zero-order chi connectivity index (χ0) is 44.0. The lowest BCUT2D eigenvalue weighted by Crippen LogP contribution is -2.16. The number of phenols is 1. The van der Waals surface area contributed by atoms with Crippen LogP contribution in [0.5, 0.6) is 5.75 Å². The monoisotopic (exact) mass is 821 g/mol. The molecule has 0 aliphatic heterocycles. The van der Waals surface area contributed by atoms with E-state index in [9.17, 15) is 5.11 Å². The van der Waals surface area contributed by atoms with Gasteiger partial charge < -0.3 is 5.11 Å². The molecule has 2 heterocycles. The molecule has 0 aliphatic carbocycles. The van der Waals surface area contributed by atoms with Crippen LogP contribution in [0.1, 0.15) is 70.2 Å². The number of hydrogen-bond donors (Lipinski definition) is 1. The van der Waals surface area contributed by atoms with Crippen LogP contribution in [0, 0.1) is 13.8 Å². The van der Waals surface area contributed by atoms with Crippen molar-refractivity contribution < 1.29 is 5.11 Å². The fourth-order valence-electron chi connectivity index (χ4n) is 8.59. The Labute approximate surface area is 372 Å². The SMILES string of the molecule is CCC(C)(C)c1ccc(-n2c(-c3cc(C(C)(C)C)cc(C)c3O)nc3c(-c4cc(-c5ccccc5)cc(-c5cc(-c6ccc(C)cc6)ccn5)c4)cccc32)c(-c2ccccc2)c1. The highest BCUT2D eigenvalue weighted by Crippen LogP contribution is 2.44. The van der Waals surface area contributed by atoms with Gasteiger partial charge in [0.05, 0.1) is 28.0 Å². The van der Waals surface area contributed by atoms with Gasteiger partial charge in [0.2, 0.25) is 0 Å². The lowest BCUT2D eigenvalue weighted by Gasteiger charge is -2.26. The van der Waals surface area contributed by atoms with E-state index in [1.807, 2.05) is 13.1 Å². The molecule has 0 atom stereocenters. The third-order valence-corrected chi connectivity index (χ3v) is 12.9. The Morgan fingerprint density at radius 3 is 1.87 bits per heavy atom. The fraction of sp³-hybridized carbons (Fsp3) is 0.186. The second kappa shape index (κ2) is 16.3. The number of aromatic hydroxyl groups is 1. The minimum Gasteiger partial charge on any atom is -0.507 e. The Balaban J connectivity index is 1.34. The van der Waals surface area contributed by atoms with E-state index < -0.39 is 0 Å². The summed E-state index contributed by atoms with van der Waals surface area (Å²) in [6.45, 7) is 17.6. The standard InChI is InChI=1S/C59H55N3O/c1-9-59(7,8)47-27-28-53(50(36-47)42-19-14-11-15-20-42)62-54-22-16-21-49(55(54)61-57(62)51-37-48(58(4,5)6)31-39(3)56(51)63)45-32-44(40-17-12-10-13-18-40)33-46(34-45)52-35-43(29-30-60-52)41-25-23-38(2)24-26-41/h10-37,63H,9H2,1-8H3. The lowest BCUT2D eigenvalue weighted by molar-refractivity contribution is 0.471. The van der Waals surface area contributed by atoms with Gasteiger partial charge in [-0.2, -0.15) is 0 Å². The first kappa shape index (κ1) is 41.3. The summed E-state index contributed by atoms with van der Waals surface area (Å²) in [5.74, 6) is 0.926. The first-order valence-corrected chi connectivity index (χ1v) is 22.1. The van der Waals surface area contributed by atoms with Crippen LogP contribution in [0.3, 0.4) is 0 Å². The number of benzene rings is 7. The Morgan fingerprint density at radius 2 is 1.17 bits per heavy atom. The smallest absolute Gasteiger partial charge is 0.149 e. The molecule has 0 saturated heterocycles. The Kier molecular flexibility index (Phi) is 10.7. The first-order chi connectivity index (χ1) is 30.3. The van der Waals surface area contributed by atoms with Crippen molar-refractivity contribution in [2.45, 2.75) is 72.6 Å². The third kappa shape index (κ3) is 7.98. The van der Waals surface area contributed by atoms with E-state index in [0.717, 1.165) is 90.0 Å². The molecule has 7 aromatic carbocycles. The number of fused-ring (bicyclic) bond motifs is 1. The van der Waals surface area contributed by atoms with E-state index in [-0.39, 0.29) is 16.6 Å². The van der Waals surface area contributed by atoms with Gasteiger partial charge in [0.25, 0.3) is 0 Å². The van der Waals surface area contributed by atoms with Crippen molar-refractivity contribution >= 4 is 11.0 Å². The zero-order valence-corrected chi connectivity index (χ0v) is 37.7. The summed E-state index contributed by atoms with van der Waals surface area (Å²) in [7, 11) is 0. The van der Waals surface area contributed by atoms with Gasteiger partial charge in [-0.1, -0.05) is 156 Å². The fourth-order valence-corrected chi connectivity index (χ4v) is 8.59. The zero-order valence-electron chi connectivity index (χ0n) is 37.7. The maximum atomic E-state index is 12.1. The summed E-state index contributed by atoms with van der Waals surface area (Å²) < 4.78 is 2.28. The van der Waals surface area contributed by atoms with Crippen LogP contribution in [-0.4, -0.2) is 19.6 Å². The highest BCUT2D eigenvalue weighted by Gasteiger charge is 2.27. The number of rotatable bonds is 9. The molecular formula is C59H55N3O. The van der Waals surface area contributed by atoms with Crippen molar-refractivity contribution in [3.8, 4) is 78.6 Å². The largest absolute Gasteiger partial charge is 0.507 e. The predicted octanol–water partition coefficient (Wildman–Crippen LogP) is 15.7. The number of aromatic nitrogens is 3. The molecule has 0 saturated carbocycles. The van der Waals surface area contributed by atoms with E-state index >= 15 is 0 Å². The average molecular weight is 822 g/mol. The van der Waals surface area contributed by atoms with Crippen LogP contribution < -0.4 is 0 Å². The van der Waals surface area contributed by atoms with E-state index in [0.29, 0.717) is 11.4 Å². The molecule has 0 aliphatic rings. The summed E-state index contributed by atoms with van der Waals surface area (Å²) in [4.78, 5) is 10.6. The second-order valence-corrected chi connectivity index (χ2v) is 18.7. The molecule has 0 bridgehead atoms. The van der Waals surface area contributed by atoms with Gasteiger partial charge in [0.15, 0.2) is 0 Å². The Morgan fingerprint density at radius 1 is 0.524 bits per heavy atom. The van der Waals surface area contributed by atoms with Crippen LogP contribution in [0.2, 0.25) is 0 Å². The molecule has 9 rings (SSSR count). The normalized spacial score (nSPS) is 11.9. The van der Waals surface area contributed by atoms with Crippen molar-refractivity contribution in [3.63, 3.8) is 0 Å². The summed E-state index contributed by atoms with van der Waals surface area (Å²) in [6.07, 6.45) is 2.91. The molecule has 0 unspecified atom stereocenters. The molecule has 0 fully saturated rings. The van der Waals surface area contributed by atoms with Gasteiger partial charge in [0, 0.05) is 22.9 Å². The van der Waals surface area contributed by atoms with Gasteiger partial charge >= 0.3 is 0 Å². The van der Waals surface area contributed by atoms with Crippen molar-refractivity contribution in [1.82, 2.24) is 14.5 Å². The molecule has 2 aromatic heterocycles. The predicted molar refractivity (Wildman–Crippen MR) is 265 cm³/mol. The van der Waals surface area contributed by atoms with Gasteiger partial charge in [-0.3, -0.25) is 9.55 Å². The second-order valence-electron chi connectivity index (χ2n) is 18.7. The van der Waals surface area contributed by atoms with E-state index in [1.54, 1.807) is 0 Å². The lowest BCUT2D eigenvalue weighted by atomic mass is 9.81. The quantitative estimate of drug-likeness (QED) is 0.158. The molecule has 0 radical (unpaired) electrons. The molecule has 1 N–H and O–H groups in total. The van der Waals surface area contributed by atoms with E-state index in [1.165, 1.54) is 11.1 Å². The molecule has 63 heavy (non-hydrogen) atoms. The number of aryl methyl sites for hydroxylation is 2. The van der Waals surface area contributed by atoms with Gasteiger partial charge in [-0.15, -0.1) is 0 Å². The topological polar surface area (TPSA) is 50.9 Å². The summed E-state index contributed by atoms with van der Waals surface area (Å²) in [5, 5.41) is 12.1. The first-order valence-electron chi connectivity index (χ1n) is 22.1. The average Bonchev–Trinajstić information content (AvgIpc) is 3.69. The molecule has 4 nitrogen and oxygen atoms in total. The van der Waals surface area contributed by atoms with Crippen LogP contribution >= 0.6 is 0 Å². The van der Waals surface area contributed by atoms with Gasteiger partial charge in [0.1, 0.15) is 11.6 Å². The summed E-state index contributed by atoms with van der Waals surface area (Å²) in [6, 6.07) is 58.5. The minimum absolute atomic E-state index is 0.0263. The number of nitrogens with zero attached hydrogens (tertiary/aromatic N) is 3. The third-order valence-electron chi connectivity index (χ3n) is 12.9. The highest BCUT2D eigenvalue weighted by atomic mass is 16.3. The van der Waals surface area contributed by atoms with E-state index in [2.05, 4.69) is 217 Å². The Bertz CT molecular complexity index is 3110. The van der Waals surface area contributed by atoms with E-state index in [4.69, 9.17) is 9.97 Å². The molecular weight excluding hydrogens is 767 g/mol. The molecule has 0 spiro atoms. The van der Waals surface area contributed by atoms with Crippen molar-refractivity contribution in [1.29, 1.82) is 0 Å². The van der Waals surface area contributed by atoms with Gasteiger partial charge in [-0.05, 0) is 136 Å². The Hall–Kier alpha value is -7.04. The van der Waals surface area contributed by atoms with Crippen molar-refractivity contribution in [2.24, 2.45) is 0 Å². The maximum Gasteiger partial charge on any atom is 0.149 e. The van der Waals surface area contributed by atoms with Crippen LogP contribution in [0.4, 0.5) is 0 Å². The number of pyridine rings is 1. The number of hydrogen-bond acceptors (Lipinski definition) is 3. The molecule has 312 valence electrons. The number of phenolic OH excluding ortho intramolecular Hbond substituents is 1. The number of para-hydroxylation sites is 1. The molecule has 4 heteroatoms. The number of imidazole rings is 1. The summed E-state index contributed by atoms with van der Waals surface area (Å²) in [5.41, 5.74) is 18.4. The molecule has 0 amide bonds. The maximum absolute atomic E-state index is 12.1. The van der Waals surface area contributed by atoms with Crippen LogP contribution in [0.15, 0.2) is 170 Å².